The minimum atomic E-state index is -0.761. The van der Waals surface area contributed by atoms with Crippen molar-refractivity contribution in [1.29, 1.82) is 0 Å². The number of nitrogens with zero attached hydrogens (tertiary/aromatic N) is 1. The van der Waals surface area contributed by atoms with Gasteiger partial charge in [0.2, 0.25) is 0 Å². The third-order valence-corrected chi connectivity index (χ3v) is 8.27. The molecule has 0 unspecified atom stereocenters. The Morgan fingerprint density at radius 1 is 0.975 bits per heavy atom. The Bertz CT molecular complexity index is 1440. The molecule has 1 heterocycles. The van der Waals surface area contributed by atoms with E-state index < -0.39 is 16.8 Å². The van der Waals surface area contributed by atoms with Crippen LogP contribution in [0.15, 0.2) is 58.9 Å². The summed E-state index contributed by atoms with van der Waals surface area (Å²) in [6, 6.07) is 10.6. The molecule has 0 radical (unpaired) electrons. The van der Waals surface area contributed by atoms with Gasteiger partial charge in [0, 0.05) is 40.9 Å². The van der Waals surface area contributed by atoms with Crippen molar-refractivity contribution >= 4 is 17.4 Å². The van der Waals surface area contributed by atoms with Crippen LogP contribution in [-0.4, -0.2) is 37.0 Å². The van der Waals surface area contributed by atoms with Crippen LogP contribution >= 0.6 is 0 Å². The van der Waals surface area contributed by atoms with Crippen LogP contribution in [-0.2, 0) is 14.3 Å². The molecule has 1 N–H and O–H groups in total. The van der Waals surface area contributed by atoms with E-state index in [0.717, 1.165) is 36.9 Å². The molecule has 2 aromatic carbocycles. The normalized spacial score (nSPS) is 21.1. The monoisotopic (exact) mass is 546 g/mol. The maximum atomic E-state index is 13.9. The minimum Gasteiger partial charge on any atom is -0.493 e. The van der Waals surface area contributed by atoms with Gasteiger partial charge < -0.3 is 19.5 Å². The van der Waals surface area contributed by atoms with E-state index in [0.29, 0.717) is 45.9 Å². The van der Waals surface area contributed by atoms with Crippen LogP contribution in [0.5, 0.6) is 11.5 Å². The maximum absolute atomic E-state index is 13.9. The van der Waals surface area contributed by atoms with E-state index in [2.05, 4.69) is 5.32 Å². The zero-order valence-electron chi connectivity index (χ0n) is 23.2. The first-order valence-electron chi connectivity index (χ1n) is 13.6. The zero-order valence-corrected chi connectivity index (χ0v) is 23.2. The van der Waals surface area contributed by atoms with Gasteiger partial charge in [0.25, 0.3) is 5.69 Å². The highest BCUT2D eigenvalue weighted by molar-refractivity contribution is 6.04. The number of aryl methyl sites for hydroxylation is 1. The quantitative estimate of drug-likeness (QED) is 0.264. The Morgan fingerprint density at radius 3 is 2.35 bits per heavy atom. The fourth-order valence-corrected chi connectivity index (χ4v) is 6.21. The fraction of sp³-hybridized carbons (Fsp3) is 0.419. The van der Waals surface area contributed by atoms with E-state index in [9.17, 15) is 19.7 Å². The molecule has 0 bridgehead atoms. The van der Waals surface area contributed by atoms with Crippen LogP contribution in [0.25, 0.3) is 0 Å². The Balaban J connectivity index is 1.57. The number of carbonyl (C=O) groups is 2. The molecule has 1 fully saturated rings. The van der Waals surface area contributed by atoms with Crippen molar-refractivity contribution in [2.45, 2.75) is 70.3 Å². The number of esters is 1. The highest BCUT2D eigenvalue weighted by Gasteiger charge is 2.42. The molecule has 210 valence electrons. The number of hydrogen-bond donors (Lipinski definition) is 1. The van der Waals surface area contributed by atoms with Crippen LogP contribution in [0.3, 0.4) is 0 Å². The van der Waals surface area contributed by atoms with Gasteiger partial charge in [-0.3, -0.25) is 14.9 Å². The van der Waals surface area contributed by atoms with Crippen LogP contribution in [0.4, 0.5) is 5.69 Å². The number of hydrogen-bond acceptors (Lipinski definition) is 8. The summed E-state index contributed by atoms with van der Waals surface area (Å²) >= 11 is 0. The van der Waals surface area contributed by atoms with Crippen molar-refractivity contribution < 1.29 is 28.7 Å². The smallest absolute Gasteiger partial charge is 0.337 e. The number of dihydropyridines is 1. The predicted molar refractivity (Wildman–Crippen MR) is 148 cm³/mol. The summed E-state index contributed by atoms with van der Waals surface area (Å²) in [5.41, 5.74) is 4.05. The molecule has 2 atom stereocenters. The molecule has 9 nitrogen and oxygen atoms in total. The van der Waals surface area contributed by atoms with E-state index in [4.69, 9.17) is 14.2 Å². The van der Waals surface area contributed by atoms with E-state index >= 15 is 0 Å². The number of Topliss-reactive ketones (excluding diaryl/α,β-unsaturated/α-hetero) is 1. The summed E-state index contributed by atoms with van der Waals surface area (Å²) in [5.74, 6) is -0.280. The molecule has 1 saturated carbocycles. The molecule has 0 saturated heterocycles. The van der Waals surface area contributed by atoms with Crippen molar-refractivity contribution in [1.82, 2.24) is 5.32 Å². The molecule has 0 amide bonds. The van der Waals surface area contributed by atoms with E-state index in [1.54, 1.807) is 40.2 Å². The summed E-state index contributed by atoms with van der Waals surface area (Å²) in [6.07, 6.45) is 4.24. The van der Waals surface area contributed by atoms with Gasteiger partial charge in [0.05, 0.1) is 24.7 Å². The molecule has 0 spiro atoms. The van der Waals surface area contributed by atoms with E-state index in [1.807, 2.05) is 18.2 Å². The SMILES string of the molecule is COc1ccc([C@@H]2CC(=O)C3=C(C2)NC(C)=C(C(=O)OC2CCCC2)[C@@H]3c2ccc(C)c([N+](=O)[O-])c2)cc1OC. The Kier molecular flexibility index (Phi) is 7.65. The Labute approximate surface area is 233 Å². The zero-order chi connectivity index (χ0) is 28.6. The number of ketones is 1. The lowest BCUT2D eigenvalue weighted by Crippen LogP contribution is -2.36. The predicted octanol–water partition coefficient (Wildman–Crippen LogP) is 5.77. The van der Waals surface area contributed by atoms with Crippen molar-refractivity contribution in [3.05, 3.63) is 85.7 Å². The standard InChI is InChI=1S/C31H34N2O7/c1-17-9-10-20(14-24(17)33(36)37)29-28(31(35)40-22-7-5-6-8-22)18(2)32-23-13-21(15-25(34)30(23)29)19-11-12-26(38-3)27(16-19)39-4/h9-12,14,16,21-22,29,32H,5-8,13,15H2,1-4H3/t21-,29-/m0/s1. The number of nitro groups is 1. The van der Waals surface area contributed by atoms with Gasteiger partial charge >= 0.3 is 5.97 Å². The van der Waals surface area contributed by atoms with E-state index in [-0.39, 0.29) is 29.9 Å². The van der Waals surface area contributed by atoms with Gasteiger partial charge in [-0.05, 0) is 75.1 Å². The first-order chi connectivity index (χ1) is 19.2. The fourth-order valence-electron chi connectivity index (χ4n) is 6.21. The van der Waals surface area contributed by atoms with Gasteiger partial charge in [-0.15, -0.1) is 0 Å². The van der Waals surface area contributed by atoms with Crippen molar-refractivity contribution in [3.63, 3.8) is 0 Å². The molecule has 2 aromatic rings. The summed E-state index contributed by atoms with van der Waals surface area (Å²) in [4.78, 5) is 38.9. The molecule has 1 aliphatic heterocycles. The molecular formula is C31H34N2O7. The second-order valence-corrected chi connectivity index (χ2v) is 10.7. The summed E-state index contributed by atoms with van der Waals surface area (Å²) in [6.45, 7) is 3.47. The number of ether oxygens (including phenoxy) is 3. The molecule has 9 heteroatoms. The van der Waals surface area contributed by atoms with Gasteiger partial charge in [0.1, 0.15) is 6.10 Å². The summed E-state index contributed by atoms with van der Waals surface area (Å²) in [5, 5.41) is 15.2. The number of carbonyl (C=O) groups excluding carboxylic acids is 2. The molecular weight excluding hydrogens is 512 g/mol. The first kappa shape index (κ1) is 27.4. The molecule has 3 aliphatic rings. The molecule has 0 aromatic heterocycles. The van der Waals surface area contributed by atoms with Crippen molar-refractivity contribution in [3.8, 4) is 11.5 Å². The lowest BCUT2D eigenvalue weighted by Gasteiger charge is -2.37. The largest absolute Gasteiger partial charge is 0.493 e. The number of rotatable bonds is 7. The Morgan fingerprint density at radius 2 is 1.68 bits per heavy atom. The Hall–Kier alpha value is -4.14. The topological polar surface area (TPSA) is 117 Å². The summed E-state index contributed by atoms with van der Waals surface area (Å²) < 4.78 is 16.7. The lowest BCUT2D eigenvalue weighted by atomic mass is 9.71. The maximum Gasteiger partial charge on any atom is 0.337 e. The van der Waals surface area contributed by atoms with Gasteiger partial charge in [-0.25, -0.2) is 4.79 Å². The number of nitro benzene ring substituents is 1. The third-order valence-electron chi connectivity index (χ3n) is 8.27. The summed E-state index contributed by atoms with van der Waals surface area (Å²) in [7, 11) is 3.15. The molecule has 40 heavy (non-hydrogen) atoms. The number of benzene rings is 2. The van der Waals surface area contributed by atoms with Gasteiger partial charge in [-0.2, -0.15) is 0 Å². The van der Waals surface area contributed by atoms with Crippen LogP contribution in [0.1, 0.15) is 74.0 Å². The average molecular weight is 547 g/mol. The van der Waals surface area contributed by atoms with Crippen molar-refractivity contribution in [2.24, 2.45) is 0 Å². The van der Waals surface area contributed by atoms with Gasteiger partial charge in [-0.1, -0.05) is 18.2 Å². The second kappa shape index (κ2) is 11.2. The van der Waals surface area contributed by atoms with Crippen LogP contribution in [0.2, 0.25) is 0 Å². The highest BCUT2D eigenvalue weighted by atomic mass is 16.6. The first-order valence-corrected chi connectivity index (χ1v) is 13.6. The van der Waals surface area contributed by atoms with Crippen LogP contribution < -0.4 is 14.8 Å². The third kappa shape index (κ3) is 5.08. The average Bonchev–Trinajstić information content (AvgIpc) is 3.44. The van der Waals surface area contributed by atoms with Gasteiger partial charge in [0.15, 0.2) is 17.3 Å². The van der Waals surface area contributed by atoms with E-state index in [1.165, 1.54) is 6.07 Å². The highest BCUT2D eigenvalue weighted by Crippen LogP contribution is 2.47. The molecule has 5 rings (SSSR count). The minimum absolute atomic E-state index is 0.0502. The van der Waals surface area contributed by atoms with Crippen molar-refractivity contribution in [2.75, 3.05) is 14.2 Å². The second-order valence-electron chi connectivity index (χ2n) is 10.7. The lowest BCUT2D eigenvalue weighted by molar-refractivity contribution is -0.385. The number of methoxy groups -OCH3 is 2. The van der Waals surface area contributed by atoms with Crippen LogP contribution in [0, 0.1) is 17.0 Å². The molecule has 2 aliphatic carbocycles. The number of nitrogens with one attached hydrogen (secondary N) is 1. The number of allylic oxidation sites excluding steroid dienone is 3.